The number of benzene rings is 1. The third-order valence-electron chi connectivity index (χ3n) is 2.61. The summed E-state index contributed by atoms with van der Waals surface area (Å²) in [5.74, 6) is 0. The van der Waals surface area contributed by atoms with E-state index in [4.69, 9.17) is 10.2 Å². The first-order chi connectivity index (χ1) is 6.11. The van der Waals surface area contributed by atoms with E-state index in [1.165, 1.54) is 0 Å². The lowest BCUT2D eigenvalue weighted by Gasteiger charge is -2.14. The van der Waals surface area contributed by atoms with Gasteiger partial charge in [0.15, 0.2) is 0 Å². The Labute approximate surface area is 78.8 Å². The Balaban J connectivity index is 3.39. The second-order valence-corrected chi connectivity index (χ2v) is 3.41. The third-order valence-corrected chi connectivity index (χ3v) is 2.61. The standard InChI is InChI=1S/C11H16O2/c1-7-4-8(2)11(6-13)9(3)10(7)5-12/h4,12-13H,5-6H2,1-3H3. The molecule has 0 bridgehead atoms. The van der Waals surface area contributed by atoms with Crippen LogP contribution in [0.15, 0.2) is 6.07 Å². The summed E-state index contributed by atoms with van der Waals surface area (Å²) < 4.78 is 0. The van der Waals surface area contributed by atoms with Crippen molar-refractivity contribution in [1.82, 2.24) is 0 Å². The molecule has 0 spiro atoms. The number of rotatable bonds is 2. The predicted molar refractivity (Wildman–Crippen MR) is 52.5 cm³/mol. The molecule has 0 radical (unpaired) electrons. The van der Waals surface area contributed by atoms with Gasteiger partial charge in [0.05, 0.1) is 13.2 Å². The molecule has 2 N–H and O–H groups in total. The van der Waals surface area contributed by atoms with Crippen LogP contribution in [0.2, 0.25) is 0 Å². The second-order valence-electron chi connectivity index (χ2n) is 3.41. The second kappa shape index (κ2) is 3.90. The molecule has 2 heteroatoms. The summed E-state index contributed by atoms with van der Waals surface area (Å²) in [5, 5.41) is 18.3. The zero-order chi connectivity index (χ0) is 10.0. The lowest BCUT2D eigenvalue weighted by Crippen LogP contribution is -2.01. The highest BCUT2D eigenvalue weighted by Crippen LogP contribution is 2.22. The minimum Gasteiger partial charge on any atom is -0.392 e. The Morgan fingerprint density at radius 3 is 1.62 bits per heavy atom. The quantitative estimate of drug-likeness (QED) is 0.725. The SMILES string of the molecule is Cc1cc(C)c(CO)c(C)c1CO. The monoisotopic (exact) mass is 180 g/mol. The van der Waals surface area contributed by atoms with Crippen molar-refractivity contribution in [3.8, 4) is 0 Å². The molecule has 2 nitrogen and oxygen atoms in total. The molecular weight excluding hydrogens is 164 g/mol. The van der Waals surface area contributed by atoms with E-state index in [1.807, 2.05) is 26.8 Å². The fourth-order valence-corrected chi connectivity index (χ4v) is 1.76. The van der Waals surface area contributed by atoms with Gasteiger partial charge < -0.3 is 10.2 Å². The summed E-state index contributed by atoms with van der Waals surface area (Å²) >= 11 is 0. The number of hydrogen-bond donors (Lipinski definition) is 2. The first-order valence-corrected chi connectivity index (χ1v) is 4.42. The minimum atomic E-state index is 0.0466. The maximum absolute atomic E-state index is 9.13. The Morgan fingerprint density at radius 2 is 1.31 bits per heavy atom. The van der Waals surface area contributed by atoms with Gasteiger partial charge in [-0.2, -0.15) is 0 Å². The minimum absolute atomic E-state index is 0.0466. The molecule has 0 saturated carbocycles. The average Bonchev–Trinajstić information content (AvgIpc) is 2.04. The van der Waals surface area contributed by atoms with E-state index in [0.29, 0.717) is 0 Å². The smallest absolute Gasteiger partial charge is 0.0687 e. The Hall–Kier alpha value is -0.860. The van der Waals surface area contributed by atoms with E-state index < -0.39 is 0 Å². The fraction of sp³-hybridized carbons (Fsp3) is 0.455. The molecule has 0 amide bonds. The van der Waals surface area contributed by atoms with Crippen LogP contribution in [0.3, 0.4) is 0 Å². The van der Waals surface area contributed by atoms with Crippen LogP contribution < -0.4 is 0 Å². The lowest BCUT2D eigenvalue weighted by molar-refractivity contribution is 0.272. The predicted octanol–water partition coefficient (Wildman–Crippen LogP) is 1.60. The zero-order valence-electron chi connectivity index (χ0n) is 8.39. The summed E-state index contributed by atoms with van der Waals surface area (Å²) in [5.41, 5.74) is 5.08. The van der Waals surface area contributed by atoms with Crippen molar-refractivity contribution >= 4 is 0 Å². The van der Waals surface area contributed by atoms with Gasteiger partial charge in [-0.15, -0.1) is 0 Å². The van der Waals surface area contributed by atoms with Crippen LogP contribution in [-0.2, 0) is 13.2 Å². The number of hydrogen-bond acceptors (Lipinski definition) is 2. The third kappa shape index (κ3) is 1.74. The highest BCUT2D eigenvalue weighted by atomic mass is 16.3. The van der Waals surface area contributed by atoms with Gasteiger partial charge in [-0.05, 0) is 48.6 Å². The summed E-state index contributed by atoms with van der Waals surface area (Å²) in [6.07, 6.45) is 0. The number of aliphatic hydroxyl groups is 2. The van der Waals surface area contributed by atoms with E-state index in [1.54, 1.807) is 0 Å². The van der Waals surface area contributed by atoms with Crippen LogP contribution in [0.5, 0.6) is 0 Å². The summed E-state index contributed by atoms with van der Waals surface area (Å²) in [4.78, 5) is 0. The van der Waals surface area contributed by atoms with E-state index in [9.17, 15) is 0 Å². The van der Waals surface area contributed by atoms with Crippen molar-refractivity contribution in [2.45, 2.75) is 34.0 Å². The summed E-state index contributed by atoms with van der Waals surface area (Å²) in [6.45, 7) is 5.99. The maximum atomic E-state index is 9.13. The Morgan fingerprint density at radius 1 is 0.923 bits per heavy atom. The van der Waals surface area contributed by atoms with E-state index in [2.05, 4.69) is 0 Å². The van der Waals surface area contributed by atoms with Gasteiger partial charge in [-0.1, -0.05) is 6.07 Å². The molecule has 0 aliphatic carbocycles. The number of aryl methyl sites for hydroxylation is 2. The van der Waals surface area contributed by atoms with Crippen LogP contribution in [0.25, 0.3) is 0 Å². The van der Waals surface area contributed by atoms with E-state index >= 15 is 0 Å². The number of aliphatic hydroxyl groups excluding tert-OH is 2. The van der Waals surface area contributed by atoms with Crippen LogP contribution in [-0.4, -0.2) is 10.2 Å². The van der Waals surface area contributed by atoms with Gasteiger partial charge in [0.25, 0.3) is 0 Å². The fourth-order valence-electron chi connectivity index (χ4n) is 1.76. The normalized spacial score (nSPS) is 10.5. The van der Waals surface area contributed by atoms with Crippen molar-refractivity contribution in [2.75, 3.05) is 0 Å². The molecule has 0 unspecified atom stereocenters. The Bertz CT molecular complexity index is 288. The molecule has 13 heavy (non-hydrogen) atoms. The van der Waals surface area contributed by atoms with Crippen LogP contribution >= 0.6 is 0 Å². The first-order valence-electron chi connectivity index (χ1n) is 4.42. The van der Waals surface area contributed by atoms with Gasteiger partial charge in [0.2, 0.25) is 0 Å². The molecule has 0 saturated heterocycles. The lowest BCUT2D eigenvalue weighted by atomic mass is 9.94. The van der Waals surface area contributed by atoms with Crippen molar-refractivity contribution in [3.05, 3.63) is 33.9 Å². The van der Waals surface area contributed by atoms with Crippen molar-refractivity contribution in [2.24, 2.45) is 0 Å². The average molecular weight is 180 g/mol. The molecular formula is C11H16O2. The van der Waals surface area contributed by atoms with E-state index in [0.717, 1.165) is 27.8 Å². The molecule has 0 fully saturated rings. The molecule has 1 aromatic carbocycles. The first kappa shape index (κ1) is 10.2. The van der Waals surface area contributed by atoms with Crippen molar-refractivity contribution < 1.29 is 10.2 Å². The van der Waals surface area contributed by atoms with E-state index in [-0.39, 0.29) is 13.2 Å². The van der Waals surface area contributed by atoms with Gasteiger partial charge >= 0.3 is 0 Å². The molecule has 0 heterocycles. The molecule has 0 atom stereocenters. The zero-order valence-corrected chi connectivity index (χ0v) is 8.39. The largest absolute Gasteiger partial charge is 0.392 e. The molecule has 72 valence electrons. The van der Waals surface area contributed by atoms with Crippen LogP contribution in [0.1, 0.15) is 27.8 Å². The molecule has 1 rings (SSSR count). The Kier molecular flexibility index (Phi) is 3.07. The molecule has 0 aliphatic heterocycles. The highest BCUT2D eigenvalue weighted by Gasteiger charge is 2.08. The summed E-state index contributed by atoms with van der Waals surface area (Å²) in [7, 11) is 0. The topological polar surface area (TPSA) is 40.5 Å². The van der Waals surface area contributed by atoms with Gasteiger partial charge in [0.1, 0.15) is 0 Å². The van der Waals surface area contributed by atoms with Crippen molar-refractivity contribution in [1.29, 1.82) is 0 Å². The van der Waals surface area contributed by atoms with Gasteiger partial charge in [-0.3, -0.25) is 0 Å². The maximum Gasteiger partial charge on any atom is 0.0687 e. The summed E-state index contributed by atoms with van der Waals surface area (Å²) in [6, 6.07) is 2.00. The van der Waals surface area contributed by atoms with Crippen LogP contribution in [0, 0.1) is 20.8 Å². The van der Waals surface area contributed by atoms with Gasteiger partial charge in [0, 0.05) is 0 Å². The molecule has 0 aromatic heterocycles. The van der Waals surface area contributed by atoms with Gasteiger partial charge in [-0.25, -0.2) is 0 Å². The van der Waals surface area contributed by atoms with Crippen molar-refractivity contribution in [3.63, 3.8) is 0 Å². The molecule has 1 aromatic rings. The molecule has 0 aliphatic rings. The highest BCUT2D eigenvalue weighted by molar-refractivity contribution is 5.43. The van der Waals surface area contributed by atoms with Crippen LogP contribution in [0.4, 0.5) is 0 Å².